The first-order chi connectivity index (χ1) is 10.3. The summed E-state index contributed by atoms with van der Waals surface area (Å²) >= 11 is 0. The third kappa shape index (κ3) is 2.33. The number of rotatable bonds is 0. The first-order valence-corrected chi connectivity index (χ1v) is 6.30. The zero-order valence-corrected chi connectivity index (χ0v) is 11.1. The molecule has 0 fully saturated rings. The van der Waals surface area contributed by atoms with E-state index in [0.29, 0.717) is 0 Å². The molecule has 0 radical (unpaired) electrons. The maximum atomic E-state index is 5.16. The van der Waals surface area contributed by atoms with Gasteiger partial charge in [0.15, 0.2) is 0 Å². The SMILES string of the molecule is C#CC#Cc1ccc2[nH]c3ccc(C#CC#C)cc3c2c1. The quantitative estimate of drug-likeness (QED) is 0.599. The Morgan fingerprint density at radius 3 is 1.62 bits per heavy atom. The van der Waals surface area contributed by atoms with Crippen molar-refractivity contribution in [1.82, 2.24) is 4.98 Å². The zero-order chi connectivity index (χ0) is 14.7. The summed E-state index contributed by atoms with van der Waals surface area (Å²) in [7, 11) is 0. The van der Waals surface area contributed by atoms with Crippen molar-refractivity contribution >= 4 is 21.8 Å². The van der Waals surface area contributed by atoms with Gasteiger partial charge in [0.25, 0.3) is 0 Å². The molecule has 21 heavy (non-hydrogen) atoms. The van der Waals surface area contributed by atoms with Gasteiger partial charge in [0.2, 0.25) is 0 Å². The minimum Gasteiger partial charge on any atom is -0.355 e. The molecule has 0 spiro atoms. The Bertz CT molecular complexity index is 972. The lowest BCUT2D eigenvalue weighted by Gasteiger charge is -1.94. The smallest absolute Gasteiger partial charge is 0.0465 e. The molecule has 0 unspecified atom stereocenters. The minimum atomic E-state index is 0.890. The predicted molar refractivity (Wildman–Crippen MR) is 87.2 cm³/mol. The van der Waals surface area contributed by atoms with Gasteiger partial charge in [0.1, 0.15) is 0 Å². The molecule has 0 amide bonds. The molecule has 0 saturated heterocycles. The molecule has 3 aromatic rings. The van der Waals surface area contributed by atoms with E-state index < -0.39 is 0 Å². The Labute approximate surface area is 123 Å². The molecule has 1 heterocycles. The molecular weight excluding hydrogens is 254 g/mol. The number of nitrogens with one attached hydrogen (secondary N) is 1. The van der Waals surface area contributed by atoms with Gasteiger partial charge in [-0.15, -0.1) is 12.8 Å². The van der Waals surface area contributed by atoms with E-state index in [-0.39, 0.29) is 0 Å². The Morgan fingerprint density at radius 1 is 0.714 bits per heavy atom. The summed E-state index contributed by atoms with van der Waals surface area (Å²) in [6.45, 7) is 0. The van der Waals surface area contributed by atoms with Crippen LogP contribution in [0.5, 0.6) is 0 Å². The summed E-state index contributed by atoms with van der Waals surface area (Å²) in [4.78, 5) is 3.37. The highest BCUT2D eigenvalue weighted by Gasteiger charge is 2.05. The van der Waals surface area contributed by atoms with E-state index in [4.69, 9.17) is 12.8 Å². The zero-order valence-electron chi connectivity index (χ0n) is 11.1. The van der Waals surface area contributed by atoms with Crippen LogP contribution in [-0.4, -0.2) is 4.98 Å². The lowest BCUT2D eigenvalue weighted by molar-refractivity contribution is 1.54. The van der Waals surface area contributed by atoms with Crippen molar-refractivity contribution in [1.29, 1.82) is 0 Å². The molecule has 0 aliphatic carbocycles. The Hall–Kier alpha value is -3.52. The molecule has 2 aromatic carbocycles. The molecule has 94 valence electrons. The highest BCUT2D eigenvalue weighted by atomic mass is 14.7. The number of aromatic amines is 1. The Kier molecular flexibility index (Phi) is 3.12. The van der Waals surface area contributed by atoms with Crippen LogP contribution in [0.25, 0.3) is 21.8 Å². The van der Waals surface area contributed by atoms with Gasteiger partial charge in [0.05, 0.1) is 0 Å². The van der Waals surface area contributed by atoms with E-state index in [1.807, 2.05) is 36.4 Å². The Morgan fingerprint density at radius 2 is 1.19 bits per heavy atom. The van der Waals surface area contributed by atoms with E-state index >= 15 is 0 Å². The van der Waals surface area contributed by atoms with Crippen molar-refractivity contribution in [2.75, 3.05) is 0 Å². The summed E-state index contributed by atoms with van der Waals surface area (Å²) < 4.78 is 0. The van der Waals surface area contributed by atoms with E-state index in [9.17, 15) is 0 Å². The predicted octanol–water partition coefficient (Wildman–Crippen LogP) is 3.29. The first kappa shape index (κ1) is 12.5. The number of hydrogen-bond acceptors (Lipinski definition) is 0. The summed E-state index contributed by atoms with van der Waals surface area (Å²) in [5.41, 5.74) is 3.89. The topological polar surface area (TPSA) is 15.8 Å². The van der Waals surface area contributed by atoms with Crippen LogP contribution in [0, 0.1) is 48.4 Å². The normalized spacial score (nSPS) is 9.05. The van der Waals surface area contributed by atoms with Crippen molar-refractivity contribution in [3.05, 3.63) is 47.5 Å². The van der Waals surface area contributed by atoms with E-state index in [2.05, 4.69) is 40.5 Å². The molecular formula is C20H9N. The third-order valence-corrected chi connectivity index (χ3v) is 3.16. The fourth-order valence-corrected chi connectivity index (χ4v) is 2.27. The fourth-order valence-electron chi connectivity index (χ4n) is 2.27. The molecule has 0 saturated carbocycles. The molecule has 0 aliphatic rings. The number of fused-ring (bicyclic) bond motifs is 3. The van der Waals surface area contributed by atoms with E-state index in [1.165, 1.54) is 0 Å². The summed E-state index contributed by atoms with van der Waals surface area (Å²) in [5.74, 6) is 15.8. The molecule has 1 nitrogen and oxygen atoms in total. The van der Waals surface area contributed by atoms with Crippen molar-refractivity contribution in [2.45, 2.75) is 0 Å². The van der Waals surface area contributed by atoms with Gasteiger partial charge >= 0.3 is 0 Å². The molecule has 1 heteroatoms. The van der Waals surface area contributed by atoms with Crippen LogP contribution in [0.1, 0.15) is 11.1 Å². The molecule has 3 rings (SSSR count). The number of aromatic nitrogens is 1. The van der Waals surface area contributed by atoms with Crippen molar-refractivity contribution in [2.24, 2.45) is 0 Å². The number of terminal acetylenes is 2. The third-order valence-electron chi connectivity index (χ3n) is 3.16. The average Bonchev–Trinajstić information content (AvgIpc) is 2.88. The maximum absolute atomic E-state index is 5.16. The standard InChI is InChI=1S/C20H9N/c1-3-5-7-15-9-11-19-17(13-15)18-14-16(8-6-4-2)10-12-20(18)21-19/h1-2,9-14,21H. The molecule has 1 N–H and O–H groups in total. The second-order valence-corrected chi connectivity index (χ2v) is 4.43. The van der Waals surface area contributed by atoms with E-state index in [0.717, 1.165) is 32.9 Å². The molecule has 0 bridgehead atoms. The summed E-state index contributed by atoms with van der Waals surface area (Å²) in [5, 5.41) is 2.19. The van der Waals surface area contributed by atoms with Crippen molar-refractivity contribution in [3.63, 3.8) is 0 Å². The fraction of sp³-hybridized carbons (Fsp3) is 0. The summed E-state index contributed by atoms with van der Waals surface area (Å²) in [6.07, 6.45) is 10.3. The first-order valence-electron chi connectivity index (χ1n) is 6.30. The van der Waals surface area contributed by atoms with E-state index in [1.54, 1.807) is 0 Å². The van der Waals surface area contributed by atoms with Gasteiger partial charge < -0.3 is 4.98 Å². The highest BCUT2D eigenvalue weighted by Crippen LogP contribution is 2.26. The number of H-pyrrole nitrogens is 1. The van der Waals surface area contributed by atoms with Gasteiger partial charge in [0, 0.05) is 32.9 Å². The molecule has 0 atom stereocenters. The highest BCUT2D eigenvalue weighted by molar-refractivity contribution is 6.08. The molecule has 1 aromatic heterocycles. The van der Waals surface area contributed by atoms with Gasteiger partial charge in [-0.05, 0) is 60.1 Å². The van der Waals surface area contributed by atoms with Crippen LogP contribution in [0.3, 0.4) is 0 Å². The van der Waals surface area contributed by atoms with Gasteiger partial charge in [-0.1, -0.05) is 11.8 Å². The lowest BCUT2D eigenvalue weighted by Crippen LogP contribution is -1.75. The lowest BCUT2D eigenvalue weighted by atomic mass is 10.1. The van der Waals surface area contributed by atoms with Crippen molar-refractivity contribution in [3.8, 4) is 48.4 Å². The van der Waals surface area contributed by atoms with Crippen LogP contribution in [0.4, 0.5) is 0 Å². The van der Waals surface area contributed by atoms with Gasteiger partial charge in [-0.25, -0.2) is 0 Å². The van der Waals surface area contributed by atoms with Gasteiger partial charge in [-0.3, -0.25) is 0 Å². The number of hydrogen-bond donors (Lipinski definition) is 1. The van der Waals surface area contributed by atoms with Gasteiger partial charge in [-0.2, -0.15) is 0 Å². The van der Waals surface area contributed by atoms with Crippen LogP contribution in [-0.2, 0) is 0 Å². The van der Waals surface area contributed by atoms with Crippen LogP contribution < -0.4 is 0 Å². The minimum absolute atomic E-state index is 0.890. The summed E-state index contributed by atoms with van der Waals surface area (Å²) in [6, 6.07) is 11.9. The second kappa shape index (κ2) is 5.23. The number of benzene rings is 2. The monoisotopic (exact) mass is 263 g/mol. The molecule has 0 aliphatic heterocycles. The largest absolute Gasteiger partial charge is 0.355 e. The Balaban J connectivity index is 2.26. The van der Waals surface area contributed by atoms with Crippen molar-refractivity contribution < 1.29 is 0 Å². The average molecular weight is 263 g/mol. The van der Waals surface area contributed by atoms with Crippen LogP contribution in [0.2, 0.25) is 0 Å². The van der Waals surface area contributed by atoms with Crippen LogP contribution in [0.15, 0.2) is 36.4 Å². The second-order valence-electron chi connectivity index (χ2n) is 4.43. The maximum Gasteiger partial charge on any atom is 0.0465 e. The van der Waals surface area contributed by atoms with Crippen LogP contribution >= 0.6 is 0 Å².